The Kier molecular flexibility index (Phi) is 5.89. The number of benzene rings is 2. The predicted octanol–water partition coefficient (Wildman–Crippen LogP) is 3.92. The first-order valence-corrected chi connectivity index (χ1v) is 8.72. The number of aromatic amines is 1. The molecule has 1 amide bonds. The second kappa shape index (κ2) is 8.72. The van der Waals surface area contributed by atoms with E-state index in [1.807, 2.05) is 30.3 Å². The van der Waals surface area contributed by atoms with Gasteiger partial charge < -0.3 is 10.3 Å². The maximum atomic E-state index is 12.0. The summed E-state index contributed by atoms with van der Waals surface area (Å²) in [4.78, 5) is 29.7. The van der Waals surface area contributed by atoms with Crippen molar-refractivity contribution in [2.45, 2.75) is 5.16 Å². The third-order valence-electron chi connectivity index (χ3n) is 3.18. The highest BCUT2D eigenvalue weighted by atomic mass is 32.2. The molecule has 2 aromatic carbocycles. The lowest BCUT2D eigenvalue weighted by molar-refractivity contribution is -0.113. The molecule has 0 fully saturated rings. The van der Waals surface area contributed by atoms with Crippen LogP contribution in [0, 0.1) is 0 Å². The molecule has 0 atom stereocenters. The lowest BCUT2D eigenvalue weighted by atomic mass is 10.3. The Labute approximate surface area is 153 Å². The smallest absolute Gasteiger partial charge is 0.251 e. The van der Waals surface area contributed by atoms with Gasteiger partial charge in [-0.1, -0.05) is 30.0 Å². The van der Waals surface area contributed by atoms with Crippen LogP contribution in [-0.2, 0) is 4.79 Å². The minimum absolute atomic E-state index is 0.141. The van der Waals surface area contributed by atoms with Crippen molar-refractivity contribution in [1.82, 2.24) is 9.97 Å². The Morgan fingerprint density at radius 3 is 2.38 bits per heavy atom. The summed E-state index contributed by atoms with van der Waals surface area (Å²) in [6, 6.07) is 17.8. The first kappa shape index (κ1) is 17.6. The fourth-order valence-corrected chi connectivity index (χ4v) is 2.63. The van der Waals surface area contributed by atoms with Crippen LogP contribution in [0.5, 0.6) is 0 Å². The van der Waals surface area contributed by atoms with Gasteiger partial charge in [-0.15, -0.1) is 0 Å². The molecule has 130 valence electrons. The van der Waals surface area contributed by atoms with E-state index in [-0.39, 0.29) is 17.2 Å². The fraction of sp³-hybridized carbons (Fsp3) is 0.0556. The van der Waals surface area contributed by atoms with Crippen molar-refractivity contribution >= 4 is 34.7 Å². The van der Waals surface area contributed by atoms with E-state index < -0.39 is 0 Å². The Balaban J connectivity index is 1.53. The van der Waals surface area contributed by atoms with Gasteiger partial charge in [0, 0.05) is 18.0 Å². The third kappa shape index (κ3) is 5.38. The number of carbonyl (C=O) groups excluding carboxylic acids is 1. The molecule has 0 aliphatic carbocycles. The number of azo groups is 1. The number of nitrogens with one attached hydrogen (secondary N) is 2. The Hall–Kier alpha value is -3.26. The molecular formula is C18H15N5O2S. The maximum absolute atomic E-state index is 12.0. The van der Waals surface area contributed by atoms with Crippen molar-refractivity contribution in [1.29, 1.82) is 0 Å². The summed E-state index contributed by atoms with van der Waals surface area (Å²) in [6.07, 6.45) is 1.40. The average Bonchev–Trinajstić information content (AvgIpc) is 2.67. The van der Waals surface area contributed by atoms with Crippen LogP contribution in [0.3, 0.4) is 0 Å². The number of aromatic nitrogens is 2. The standard InChI is InChI=1S/C18H15N5O2S/c24-16-10-11-19-18(21-16)26-12-17(25)20-13-6-8-15(9-7-13)23-22-14-4-2-1-3-5-14/h1-11H,12H2,(H,20,25)(H,19,21,24). The van der Waals surface area contributed by atoms with Gasteiger partial charge in [-0.05, 0) is 36.4 Å². The molecule has 0 radical (unpaired) electrons. The molecule has 0 unspecified atom stereocenters. The van der Waals surface area contributed by atoms with Crippen molar-refractivity contribution in [3.63, 3.8) is 0 Å². The van der Waals surface area contributed by atoms with Crippen molar-refractivity contribution in [2.24, 2.45) is 10.2 Å². The Bertz CT molecular complexity index is 955. The molecule has 0 bridgehead atoms. The zero-order valence-corrected chi connectivity index (χ0v) is 14.4. The van der Waals surface area contributed by atoms with Crippen LogP contribution in [-0.4, -0.2) is 21.6 Å². The summed E-state index contributed by atoms with van der Waals surface area (Å²) in [7, 11) is 0. The van der Waals surface area contributed by atoms with Crippen LogP contribution in [0.4, 0.5) is 17.1 Å². The predicted molar refractivity (Wildman–Crippen MR) is 101 cm³/mol. The van der Waals surface area contributed by atoms with Crippen molar-refractivity contribution in [3.05, 3.63) is 77.2 Å². The van der Waals surface area contributed by atoms with Gasteiger partial charge in [0.1, 0.15) is 0 Å². The molecule has 3 rings (SSSR count). The summed E-state index contributed by atoms with van der Waals surface area (Å²) in [6.45, 7) is 0. The van der Waals surface area contributed by atoms with Crippen molar-refractivity contribution in [2.75, 3.05) is 11.1 Å². The molecule has 0 spiro atoms. The maximum Gasteiger partial charge on any atom is 0.251 e. The van der Waals surface area contributed by atoms with E-state index >= 15 is 0 Å². The summed E-state index contributed by atoms with van der Waals surface area (Å²) in [5.41, 5.74) is 1.87. The van der Waals surface area contributed by atoms with E-state index in [0.717, 1.165) is 17.4 Å². The van der Waals surface area contributed by atoms with Gasteiger partial charge in [0.2, 0.25) is 5.91 Å². The number of rotatable bonds is 6. The molecule has 0 saturated heterocycles. The van der Waals surface area contributed by atoms with Crippen molar-refractivity contribution in [3.8, 4) is 0 Å². The number of anilines is 1. The number of thioether (sulfide) groups is 1. The molecule has 1 heterocycles. The van der Waals surface area contributed by atoms with Crippen LogP contribution in [0.15, 0.2) is 87.0 Å². The van der Waals surface area contributed by atoms with E-state index in [4.69, 9.17) is 0 Å². The average molecular weight is 365 g/mol. The zero-order valence-electron chi connectivity index (χ0n) is 13.6. The Morgan fingerprint density at radius 2 is 1.69 bits per heavy atom. The van der Waals surface area contributed by atoms with E-state index in [2.05, 4.69) is 25.5 Å². The summed E-state index contributed by atoms with van der Waals surface area (Å²) in [5, 5.41) is 11.5. The highest BCUT2D eigenvalue weighted by Crippen LogP contribution is 2.20. The van der Waals surface area contributed by atoms with Gasteiger partial charge in [0.05, 0.1) is 17.1 Å². The number of amides is 1. The molecule has 0 aliphatic rings. The molecule has 8 heteroatoms. The molecule has 26 heavy (non-hydrogen) atoms. The lowest BCUT2D eigenvalue weighted by Crippen LogP contribution is -2.15. The van der Waals surface area contributed by atoms with Crippen LogP contribution >= 0.6 is 11.8 Å². The van der Waals surface area contributed by atoms with Gasteiger partial charge in [0.15, 0.2) is 5.16 Å². The number of hydrogen-bond donors (Lipinski definition) is 2. The monoisotopic (exact) mass is 365 g/mol. The molecule has 0 aliphatic heterocycles. The van der Waals surface area contributed by atoms with E-state index in [1.54, 1.807) is 24.3 Å². The Morgan fingerprint density at radius 1 is 1.00 bits per heavy atom. The molecular weight excluding hydrogens is 350 g/mol. The van der Waals surface area contributed by atoms with Crippen LogP contribution < -0.4 is 10.9 Å². The highest BCUT2D eigenvalue weighted by molar-refractivity contribution is 7.99. The quantitative estimate of drug-likeness (QED) is 0.393. The largest absolute Gasteiger partial charge is 0.325 e. The molecule has 3 aromatic rings. The zero-order chi connectivity index (χ0) is 18.2. The highest BCUT2D eigenvalue weighted by Gasteiger charge is 2.05. The molecule has 7 nitrogen and oxygen atoms in total. The third-order valence-corrected chi connectivity index (χ3v) is 4.06. The first-order chi connectivity index (χ1) is 12.7. The minimum atomic E-state index is -0.247. The topological polar surface area (TPSA) is 99.6 Å². The van der Waals surface area contributed by atoms with Gasteiger partial charge in [0.25, 0.3) is 5.56 Å². The molecule has 1 aromatic heterocycles. The summed E-state index contributed by atoms with van der Waals surface area (Å²) in [5.74, 6) is -0.0530. The van der Waals surface area contributed by atoms with E-state index in [1.165, 1.54) is 12.3 Å². The van der Waals surface area contributed by atoms with Gasteiger partial charge in [-0.25, -0.2) is 4.98 Å². The van der Waals surface area contributed by atoms with E-state index in [9.17, 15) is 9.59 Å². The minimum Gasteiger partial charge on any atom is -0.325 e. The second-order valence-corrected chi connectivity index (χ2v) is 6.12. The summed E-state index contributed by atoms with van der Waals surface area (Å²) < 4.78 is 0. The first-order valence-electron chi connectivity index (χ1n) is 7.74. The van der Waals surface area contributed by atoms with Gasteiger partial charge in [-0.2, -0.15) is 10.2 Å². The van der Waals surface area contributed by atoms with Gasteiger partial charge >= 0.3 is 0 Å². The molecule has 0 saturated carbocycles. The van der Waals surface area contributed by atoms with E-state index in [0.29, 0.717) is 16.5 Å². The van der Waals surface area contributed by atoms with Crippen LogP contribution in [0.2, 0.25) is 0 Å². The number of H-pyrrole nitrogens is 1. The number of hydrogen-bond acceptors (Lipinski definition) is 6. The normalized spacial score (nSPS) is 10.8. The second-order valence-electron chi connectivity index (χ2n) is 5.16. The van der Waals surface area contributed by atoms with Crippen molar-refractivity contribution < 1.29 is 4.79 Å². The van der Waals surface area contributed by atoms with Crippen LogP contribution in [0.25, 0.3) is 0 Å². The molecule has 2 N–H and O–H groups in total. The summed E-state index contributed by atoms with van der Waals surface area (Å²) >= 11 is 1.16. The SMILES string of the molecule is O=C(CSc1nccc(=O)[nH]1)Nc1ccc(N=Nc2ccccc2)cc1. The van der Waals surface area contributed by atoms with Gasteiger partial charge in [-0.3, -0.25) is 9.59 Å². The van der Waals surface area contributed by atoms with Crippen LogP contribution in [0.1, 0.15) is 0 Å². The number of carbonyl (C=O) groups is 1. The lowest BCUT2D eigenvalue weighted by Gasteiger charge is -2.05. The fourth-order valence-electron chi connectivity index (χ4n) is 1.98. The number of nitrogens with zero attached hydrogens (tertiary/aromatic N) is 3.